The molecule has 1 aliphatic heterocycles. The van der Waals surface area contributed by atoms with E-state index < -0.39 is 0 Å². The molecule has 1 amide bonds. The van der Waals surface area contributed by atoms with Gasteiger partial charge in [0.15, 0.2) is 5.82 Å². The highest BCUT2D eigenvalue weighted by molar-refractivity contribution is 6.28. The van der Waals surface area contributed by atoms with Crippen molar-refractivity contribution >= 4 is 34.7 Å². The minimum Gasteiger partial charge on any atom is -0.320 e. The third kappa shape index (κ3) is 2.20. The summed E-state index contributed by atoms with van der Waals surface area (Å²) in [6, 6.07) is 7.92. The van der Waals surface area contributed by atoms with Crippen molar-refractivity contribution in [3.63, 3.8) is 0 Å². The van der Waals surface area contributed by atoms with Gasteiger partial charge in [0.2, 0.25) is 11.2 Å². The Balaban J connectivity index is 2.14. The Labute approximate surface area is 121 Å². The number of amides is 1. The lowest BCUT2D eigenvalue weighted by Crippen LogP contribution is -2.36. The van der Waals surface area contributed by atoms with Crippen LogP contribution in [-0.4, -0.2) is 22.4 Å². The van der Waals surface area contributed by atoms with Gasteiger partial charge in [-0.15, -0.1) is 0 Å². The summed E-state index contributed by atoms with van der Waals surface area (Å²) in [5.74, 6) is 0.540. The zero-order valence-corrected chi connectivity index (χ0v) is 11.9. The molecule has 0 saturated carbocycles. The van der Waals surface area contributed by atoms with Gasteiger partial charge in [-0.25, -0.2) is 4.98 Å². The molecule has 0 atom stereocenters. The van der Waals surface area contributed by atoms with Crippen LogP contribution in [0.1, 0.15) is 11.3 Å². The Morgan fingerprint density at radius 1 is 1.20 bits per heavy atom. The molecule has 1 aromatic heterocycles. The molecule has 0 spiro atoms. The van der Waals surface area contributed by atoms with E-state index in [-0.39, 0.29) is 17.7 Å². The van der Waals surface area contributed by atoms with E-state index in [1.807, 2.05) is 36.1 Å². The highest BCUT2D eigenvalue weighted by atomic mass is 35.5. The van der Waals surface area contributed by atoms with E-state index in [1.165, 1.54) is 0 Å². The van der Waals surface area contributed by atoms with E-state index >= 15 is 0 Å². The van der Waals surface area contributed by atoms with Crippen LogP contribution in [0, 0.1) is 13.8 Å². The topological polar surface area (TPSA) is 58.1 Å². The van der Waals surface area contributed by atoms with Crippen molar-refractivity contribution in [3.8, 4) is 0 Å². The zero-order chi connectivity index (χ0) is 14.3. The summed E-state index contributed by atoms with van der Waals surface area (Å²) in [7, 11) is 0. The first-order valence-corrected chi connectivity index (χ1v) is 6.60. The molecule has 0 saturated heterocycles. The predicted octanol–water partition coefficient (Wildman–Crippen LogP) is 2.84. The molecule has 0 aliphatic carbocycles. The number of hydrogen-bond acceptors (Lipinski definition) is 4. The second-order valence-corrected chi connectivity index (χ2v) is 5.08. The van der Waals surface area contributed by atoms with Crippen molar-refractivity contribution in [3.05, 3.63) is 40.8 Å². The third-order valence-electron chi connectivity index (χ3n) is 3.21. The number of halogens is 1. The maximum absolute atomic E-state index is 11.9. The Morgan fingerprint density at radius 3 is 2.60 bits per heavy atom. The first-order valence-electron chi connectivity index (χ1n) is 6.23. The minimum atomic E-state index is -0.0907. The highest BCUT2D eigenvalue weighted by Gasteiger charge is 2.27. The molecule has 0 bridgehead atoms. The van der Waals surface area contributed by atoms with Crippen LogP contribution in [0.15, 0.2) is 24.3 Å². The maximum atomic E-state index is 11.9. The molecule has 1 aromatic carbocycles. The van der Waals surface area contributed by atoms with E-state index in [0.717, 1.165) is 11.3 Å². The van der Waals surface area contributed by atoms with E-state index in [1.54, 1.807) is 6.92 Å². The fourth-order valence-corrected chi connectivity index (χ4v) is 2.41. The van der Waals surface area contributed by atoms with Gasteiger partial charge in [-0.1, -0.05) is 17.7 Å². The molecular weight excluding hydrogens is 276 g/mol. The van der Waals surface area contributed by atoms with Gasteiger partial charge in [-0.2, -0.15) is 4.98 Å². The van der Waals surface area contributed by atoms with Gasteiger partial charge >= 0.3 is 0 Å². The Hall–Kier alpha value is -2.14. The standard InChI is InChI=1S/C14H13ClN4O/c1-8-3-5-10(6-4-8)19-7-11(20)17-12-9(2)16-14(15)18-13(12)19/h3-6H,7H2,1-2H3,(H,17,20). The third-order valence-corrected chi connectivity index (χ3v) is 3.38. The summed E-state index contributed by atoms with van der Waals surface area (Å²) >= 11 is 5.93. The molecule has 2 heterocycles. The summed E-state index contributed by atoms with van der Waals surface area (Å²) in [6.45, 7) is 4.03. The number of carbonyl (C=O) groups is 1. The van der Waals surface area contributed by atoms with Crippen molar-refractivity contribution < 1.29 is 4.79 Å². The smallest absolute Gasteiger partial charge is 0.244 e. The lowest BCUT2D eigenvalue weighted by Gasteiger charge is -2.30. The molecule has 1 N–H and O–H groups in total. The van der Waals surface area contributed by atoms with E-state index in [4.69, 9.17) is 11.6 Å². The van der Waals surface area contributed by atoms with E-state index in [2.05, 4.69) is 15.3 Å². The van der Waals surface area contributed by atoms with E-state index in [9.17, 15) is 4.79 Å². The summed E-state index contributed by atoms with van der Waals surface area (Å²) in [5, 5.41) is 2.98. The van der Waals surface area contributed by atoms with Crippen LogP contribution in [0.5, 0.6) is 0 Å². The molecule has 3 rings (SSSR count). The highest BCUT2D eigenvalue weighted by Crippen LogP contribution is 2.35. The Morgan fingerprint density at radius 2 is 1.90 bits per heavy atom. The van der Waals surface area contributed by atoms with Crippen molar-refractivity contribution in [2.45, 2.75) is 13.8 Å². The number of hydrogen-bond donors (Lipinski definition) is 1. The fraction of sp³-hybridized carbons (Fsp3) is 0.214. The number of nitrogens with one attached hydrogen (secondary N) is 1. The van der Waals surface area contributed by atoms with Crippen LogP contribution in [0.3, 0.4) is 0 Å². The summed E-state index contributed by atoms with van der Waals surface area (Å²) in [5.41, 5.74) is 3.34. The van der Waals surface area contributed by atoms with E-state index in [0.29, 0.717) is 17.2 Å². The monoisotopic (exact) mass is 288 g/mol. The number of benzene rings is 1. The van der Waals surface area contributed by atoms with Crippen molar-refractivity contribution in [1.82, 2.24) is 9.97 Å². The van der Waals surface area contributed by atoms with Crippen LogP contribution in [0.25, 0.3) is 0 Å². The van der Waals surface area contributed by atoms with Gasteiger partial charge in [-0.3, -0.25) is 4.79 Å². The fourth-order valence-electron chi connectivity index (χ4n) is 2.20. The quantitative estimate of drug-likeness (QED) is 0.820. The molecule has 6 heteroatoms. The molecule has 102 valence electrons. The Kier molecular flexibility index (Phi) is 3.06. The summed E-state index contributed by atoms with van der Waals surface area (Å²) < 4.78 is 0. The maximum Gasteiger partial charge on any atom is 0.244 e. The number of nitrogens with zero attached hydrogens (tertiary/aromatic N) is 3. The molecule has 20 heavy (non-hydrogen) atoms. The van der Waals surface area contributed by atoms with Gasteiger partial charge in [0.1, 0.15) is 12.2 Å². The minimum absolute atomic E-state index is 0.0907. The Bertz CT molecular complexity index is 684. The lowest BCUT2D eigenvalue weighted by atomic mass is 10.2. The number of fused-ring (bicyclic) bond motifs is 1. The number of anilines is 3. The second kappa shape index (κ2) is 4.76. The normalized spacial score (nSPS) is 13.9. The van der Waals surface area contributed by atoms with Gasteiger partial charge < -0.3 is 10.2 Å². The van der Waals surface area contributed by atoms with Crippen molar-refractivity contribution in [1.29, 1.82) is 0 Å². The average molecular weight is 289 g/mol. The summed E-state index contributed by atoms with van der Waals surface area (Å²) in [6.07, 6.45) is 0. The SMILES string of the molecule is Cc1ccc(N2CC(=O)Nc3c(C)nc(Cl)nc32)cc1. The molecule has 0 fully saturated rings. The molecule has 0 radical (unpaired) electrons. The number of carbonyl (C=O) groups excluding carboxylic acids is 1. The number of aromatic nitrogens is 2. The molecule has 2 aromatic rings. The summed E-state index contributed by atoms with van der Waals surface area (Å²) in [4.78, 5) is 22.0. The number of aryl methyl sites for hydroxylation is 2. The first kappa shape index (κ1) is 12.9. The molecule has 0 unspecified atom stereocenters. The van der Waals surface area contributed by atoms with Crippen molar-refractivity contribution in [2.24, 2.45) is 0 Å². The van der Waals surface area contributed by atoms with Crippen LogP contribution < -0.4 is 10.2 Å². The van der Waals surface area contributed by atoms with Crippen LogP contribution in [0.4, 0.5) is 17.2 Å². The van der Waals surface area contributed by atoms with Gasteiger partial charge in [0.05, 0.1) is 5.69 Å². The van der Waals surface area contributed by atoms with Gasteiger partial charge in [0.25, 0.3) is 0 Å². The van der Waals surface area contributed by atoms with Crippen molar-refractivity contribution in [2.75, 3.05) is 16.8 Å². The zero-order valence-electron chi connectivity index (χ0n) is 11.1. The molecule has 1 aliphatic rings. The lowest BCUT2D eigenvalue weighted by molar-refractivity contribution is -0.115. The second-order valence-electron chi connectivity index (χ2n) is 4.75. The van der Waals surface area contributed by atoms with Crippen LogP contribution >= 0.6 is 11.6 Å². The molecule has 5 nitrogen and oxygen atoms in total. The van der Waals surface area contributed by atoms with Gasteiger partial charge in [0, 0.05) is 5.69 Å². The van der Waals surface area contributed by atoms with Gasteiger partial charge in [-0.05, 0) is 37.6 Å². The number of rotatable bonds is 1. The largest absolute Gasteiger partial charge is 0.320 e. The van der Waals surface area contributed by atoms with Crippen LogP contribution in [0.2, 0.25) is 5.28 Å². The predicted molar refractivity (Wildman–Crippen MR) is 78.6 cm³/mol. The average Bonchev–Trinajstić information content (AvgIpc) is 2.40. The molecular formula is C14H13ClN4O. The first-order chi connectivity index (χ1) is 9.54. The van der Waals surface area contributed by atoms with Crippen LogP contribution in [-0.2, 0) is 4.79 Å².